The zero-order valence-corrected chi connectivity index (χ0v) is 13.1. The minimum atomic E-state index is -0.873. The summed E-state index contributed by atoms with van der Waals surface area (Å²) in [5.41, 5.74) is 1.21. The Bertz CT molecular complexity index is 778. The van der Waals surface area contributed by atoms with E-state index in [-0.39, 0.29) is 17.5 Å². The monoisotopic (exact) mass is 327 g/mol. The normalized spacial score (nSPS) is 9.91. The highest BCUT2D eigenvalue weighted by Gasteiger charge is 2.12. The van der Waals surface area contributed by atoms with Gasteiger partial charge in [0.15, 0.2) is 0 Å². The molecule has 0 aliphatic carbocycles. The first-order valence-electron chi connectivity index (χ1n) is 6.64. The number of hydrogen-bond acceptors (Lipinski definition) is 5. The van der Waals surface area contributed by atoms with Crippen molar-refractivity contribution < 1.29 is 19.4 Å². The molecule has 0 unspecified atom stereocenters. The van der Waals surface area contributed by atoms with E-state index in [2.05, 4.69) is 4.74 Å². The van der Waals surface area contributed by atoms with Gasteiger partial charge >= 0.3 is 11.9 Å². The molecule has 116 valence electrons. The lowest BCUT2D eigenvalue weighted by Gasteiger charge is -2.06. The molecule has 2 aromatic rings. The number of hydrogen-bond donors (Lipinski definition) is 1. The SMILES string of the molecule is COC(=O)c1ccc(Sc2ccc(CC(=O)O)cc2)cc1C#N. The van der Waals surface area contributed by atoms with Gasteiger partial charge in [-0.1, -0.05) is 23.9 Å². The van der Waals surface area contributed by atoms with Crippen molar-refractivity contribution in [1.82, 2.24) is 0 Å². The highest BCUT2D eigenvalue weighted by Crippen LogP contribution is 2.29. The van der Waals surface area contributed by atoms with Crippen LogP contribution in [0.1, 0.15) is 21.5 Å². The largest absolute Gasteiger partial charge is 0.481 e. The minimum Gasteiger partial charge on any atom is -0.481 e. The molecule has 0 bridgehead atoms. The molecule has 0 aromatic heterocycles. The molecule has 1 N–H and O–H groups in total. The first-order valence-corrected chi connectivity index (χ1v) is 7.46. The number of carboxylic acid groups (broad SMARTS) is 1. The van der Waals surface area contributed by atoms with E-state index < -0.39 is 11.9 Å². The van der Waals surface area contributed by atoms with E-state index in [0.717, 1.165) is 15.4 Å². The second-order valence-corrected chi connectivity index (χ2v) is 5.77. The van der Waals surface area contributed by atoms with E-state index in [1.54, 1.807) is 30.3 Å². The van der Waals surface area contributed by atoms with E-state index in [1.165, 1.54) is 18.9 Å². The summed E-state index contributed by atoms with van der Waals surface area (Å²) in [5, 5.41) is 17.9. The van der Waals surface area contributed by atoms with Crippen molar-refractivity contribution in [2.75, 3.05) is 7.11 Å². The fraction of sp³-hybridized carbons (Fsp3) is 0.118. The fourth-order valence-electron chi connectivity index (χ4n) is 1.95. The number of aliphatic carboxylic acids is 1. The van der Waals surface area contributed by atoms with Crippen molar-refractivity contribution >= 4 is 23.7 Å². The molecule has 6 heteroatoms. The van der Waals surface area contributed by atoms with Gasteiger partial charge in [0.1, 0.15) is 6.07 Å². The lowest BCUT2D eigenvalue weighted by molar-refractivity contribution is -0.136. The number of carboxylic acids is 1. The molecule has 0 atom stereocenters. The van der Waals surface area contributed by atoms with E-state index >= 15 is 0 Å². The van der Waals surface area contributed by atoms with Crippen molar-refractivity contribution in [3.05, 3.63) is 59.2 Å². The van der Waals surface area contributed by atoms with E-state index in [9.17, 15) is 9.59 Å². The molecule has 2 rings (SSSR count). The number of benzene rings is 2. The van der Waals surface area contributed by atoms with Gasteiger partial charge < -0.3 is 9.84 Å². The minimum absolute atomic E-state index is 0.0165. The van der Waals surface area contributed by atoms with Crippen LogP contribution in [-0.4, -0.2) is 24.2 Å². The average molecular weight is 327 g/mol. The maximum atomic E-state index is 11.6. The molecule has 5 nitrogen and oxygen atoms in total. The summed E-state index contributed by atoms with van der Waals surface area (Å²) in [6.07, 6.45) is -0.0165. The lowest BCUT2D eigenvalue weighted by atomic mass is 10.1. The molecule has 2 aromatic carbocycles. The van der Waals surface area contributed by atoms with E-state index in [0.29, 0.717) is 0 Å². The van der Waals surface area contributed by atoms with Crippen molar-refractivity contribution in [3.8, 4) is 6.07 Å². The molecule has 0 fully saturated rings. The van der Waals surface area contributed by atoms with Crippen LogP contribution >= 0.6 is 11.8 Å². The van der Waals surface area contributed by atoms with Gasteiger partial charge in [-0.2, -0.15) is 5.26 Å². The molecule has 0 radical (unpaired) electrons. The Balaban J connectivity index is 2.19. The second-order valence-electron chi connectivity index (χ2n) is 4.63. The smallest absolute Gasteiger partial charge is 0.339 e. The molecule has 0 aliphatic rings. The number of rotatable bonds is 5. The van der Waals surface area contributed by atoms with Gasteiger partial charge in [0, 0.05) is 9.79 Å². The van der Waals surface area contributed by atoms with Crippen LogP contribution in [0.5, 0.6) is 0 Å². The third-order valence-corrected chi connectivity index (χ3v) is 4.03. The molecule has 0 amide bonds. The highest BCUT2D eigenvalue weighted by molar-refractivity contribution is 7.99. The lowest BCUT2D eigenvalue weighted by Crippen LogP contribution is -2.03. The van der Waals surface area contributed by atoms with Gasteiger partial charge in [-0.15, -0.1) is 0 Å². The zero-order chi connectivity index (χ0) is 16.8. The Morgan fingerprint density at radius 1 is 1.17 bits per heavy atom. The van der Waals surface area contributed by atoms with Gasteiger partial charge in [-0.05, 0) is 35.9 Å². The number of nitrogens with zero attached hydrogens (tertiary/aromatic N) is 1. The van der Waals surface area contributed by atoms with Crippen molar-refractivity contribution in [1.29, 1.82) is 5.26 Å². The maximum Gasteiger partial charge on any atom is 0.339 e. The third-order valence-electron chi connectivity index (χ3n) is 3.03. The molecular weight excluding hydrogens is 314 g/mol. The van der Waals surface area contributed by atoms with Gasteiger partial charge in [-0.25, -0.2) is 4.79 Å². The third kappa shape index (κ3) is 4.34. The Hall–Kier alpha value is -2.78. The van der Waals surface area contributed by atoms with Crippen LogP contribution in [-0.2, 0) is 16.0 Å². The Morgan fingerprint density at radius 2 is 1.83 bits per heavy atom. The van der Waals surface area contributed by atoms with Crippen LogP contribution in [0.25, 0.3) is 0 Å². The first kappa shape index (κ1) is 16.6. The van der Waals surface area contributed by atoms with Gasteiger partial charge in [0.2, 0.25) is 0 Å². The number of ether oxygens (including phenoxy) is 1. The fourth-order valence-corrected chi connectivity index (χ4v) is 2.81. The van der Waals surface area contributed by atoms with Gasteiger partial charge in [0.25, 0.3) is 0 Å². The van der Waals surface area contributed by atoms with E-state index in [4.69, 9.17) is 10.4 Å². The maximum absolute atomic E-state index is 11.6. The number of methoxy groups -OCH3 is 1. The number of carbonyl (C=O) groups excluding carboxylic acids is 1. The molecule has 0 spiro atoms. The number of esters is 1. The Morgan fingerprint density at radius 3 is 2.39 bits per heavy atom. The Labute approximate surface area is 137 Å². The molecule has 0 saturated heterocycles. The van der Waals surface area contributed by atoms with Crippen molar-refractivity contribution in [2.45, 2.75) is 16.2 Å². The van der Waals surface area contributed by atoms with E-state index in [1.807, 2.05) is 18.2 Å². The van der Waals surface area contributed by atoms with Crippen LogP contribution in [0.15, 0.2) is 52.3 Å². The summed E-state index contributed by atoms with van der Waals surface area (Å²) >= 11 is 1.42. The van der Waals surface area contributed by atoms with Crippen molar-refractivity contribution in [2.24, 2.45) is 0 Å². The quantitative estimate of drug-likeness (QED) is 0.849. The summed E-state index contributed by atoms with van der Waals surface area (Å²) in [6, 6.07) is 14.1. The van der Waals surface area contributed by atoms with Gasteiger partial charge in [-0.3, -0.25) is 4.79 Å². The summed E-state index contributed by atoms with van der Waals surface area (Å²) in [5.74, 6) is -1.42. The molecule has 0 saturated carbocycles. The summed E-state index contributed by atoms with van der Waals surface area (Å²) < 4.78 is 4.64. The molecule has 23 heavy (non-hydrogen) atoms. The van der Waals surface area contributed by atoms with Crippen LogP contribution in [0.3, 0.4) is 0 Å². The first-order chi connectivity index (χ1) is 11.0. The average Bonchev–Trinajstić information content (AvgIpc) is 2.55. The van der Waals surface area contributed by atoms with Crippen LogP contribution in [0.2, 0.25) is 0 Å². The summed E-state index contributed by atoms with van der Waals surface area (Å²) in [6.45, 7) is 0. The topological polar surface area (TPSA) is 87.4 Å². The molecule has 0 heterocycles. The van der Waals surface area contributed by atoms with Crippen LogP contribution in [0.4, 0.5) is 0 Å². The Kier molecular flexibility index (Phi) is 5.39. The predicted octanol–water partition coefficient (Wildman–Crippen LogP) is 3.12. The second kappa shape index (κ2) is 7.47. The van der Waals surface area contributed by atoms with Crippen molar-refractivity contribution in [3.63, 3.8) is 0 Å². The number of nitriles is 1. The highest BCUT2D eigenvalue weighted by atomic mass is 32.2. The van der Waals surface area contributed by atoms with Crippen LogP contribution in [0, 0.1) is 11.3 Å². The molecule has 0 aliphatic heterocycles. The number of carbonyl (C=O) groups is 2. The van der Waals surface area contributed by atoms with Gasteiger partial charge in [0.05, 0.1) is 24.7 Å². The summed E-state index contributed by atoms with van der Waals surface area (Å²) in [4.78, 5) is 23.9. The van der Waals surface area contributed by atoms with Crippen LogP contribution < -0.4 is 0 Å². The summed E-state index contributed by atoms with van der Waals surface area (Å²) in [7, 11) is 1.27. The standard InChI is InChI=1S/C17H13NO4S/c1-22-17(21)15-7-6-14(9-12(15)10-18)23-13-4-2-11(3-5-13)8-16(19)20/h2-7,9H,8H2,1H3,(H,19,20). The zero-order valence-electron chi connectivity index (χ0n) is 12.3. The predicted molar refractivity (Wildman–Crippen MR) is 84.4 cm³/mol. The molecular formula is C17H13NO4S.